The molecule has 1 amide bonds. The number of amides is 1. The number of benzene rings is 2. The van der Waals surface area contributed by atoms with Crippen molar-refractivity contribution in [2.45, 2.75) is 12.8 Å². The van der Waals surface area contributed by atoms with E-state index < -0.39 is 23.4 Å². The van der Waals surface area contributed by atoms with Crippen LogP contribution in [0.5, 0.6) is 0 Å². The van der Waals surface area contributed by atoms with Crippen molar-refractivity contribution in [3.05, 3.63) is 74.8 Å². The van der Waals surface area contributed by atoms with Crippen LogP contribution >= 0.6 is 11.6 Å². The third-order valence-electron chi connectivity index (χ3n) is 3.52. The minimum absolute atomic E-state index is 0.0332. The predicted molar refractivity (Wildman–Crippen MR) is 96.2 cm³/mol. The molecular weight excluding hydrogens is 360 g/mol. The molecule has 8 heteroatoms. The van der Waals surface area contributed by atoms with Crippen LogP contribution in [0, 0.1) is 10.1 Å². The molecule has 0 aromatic heterocycles. The Labute approximate surface area is 155 Å². The first-order valence-corrected chi connectivity index (χ1v) is 8.27. The van der Waals surface area contributed by atoms with Gasteiger partial charge in [0.2, 0.25) is 0 Å². The topological polar surface area (TPSA) is 98.5 Å². The van der Waals surface area contributed by atoms with Gasteiger partial charge < -0.3 is 10.1 Å². The van der Waals surface area contributed by atoms with E-state index in [9.17, 15) is 19.7 Å². The molecule has 0 unspecified atom stereocenters. The van der Waals surface area contributed by atoms with Crippen LogP contribution in [0.25, 0.3) is 0 Å². The average Bonchev–Trinajstić information content (AvgIpc) is 2.64. The number of halogens is 1. The first-order valence-electron chi connectivity index (χ1n) is 7.89. The van der Waals surface area contributed by atoms with E-state index in [1.165, 1.54) is 11.6 Å². The fourth-order valence-electron chi connectivity index (χ4n) is 2.21. The minimum Gasteiger partial charge on any atom is -0.452 e. The van der Waals surface area contributed by atoms with E-state index in [0.717, 1.165) is 25.0 Å². The van der Waals surface area contributed by atoms with Gasteiger partial charge in [0.05, 0.1) is 15.5 Å². The fraction of sp³-hybridized carbons (Fsp3) is 0.222. The molecule has 2 rings (SSSR count). The van der Waals surface area contributed by atoms with E-state index in [0.29, 0.717) is 6.54 Å². The molecule has 26 heavy (non-hydrogen) atoms. The van der Waals surface area contributed by atoms with Crippen molar-refractivity contribution in [2.24, 2.45) is 0 Å². The van der Waals surface area contributed by atoms with Crippen LogP contribution in [0.3, 0.4) is 0 Å². The van der Waals surface area contributed by atoms with Crippen LogP contribution in [0.15, 0.2) is 48.5 Å². The van der Waals surface area contributed by atoms with Gasteiger partial charge in [-0.2, -0.15) is 0 Å². The molecule has 0 aliphatic carbocycles. The Morgan fingerprint density at radius 1 is 1.15 bits per heavy atom. The lowest BCUT2D eigenvalue weighted by molar-refractivity contribution is -0.384. The zero-order chi connectivity index (χ0) is 18.9. The molecule has 0 bridgehead atoms. The van der Waals surface area contributed by atoms with Crippen molar-refractivity contribution < 1.29 is 19.2 Å². The van der Waals surface area contributed by atoms with Crippen molar-refractivity contribution in [1.29, 1.82) is 0 Å². The molecule has 0 spiro atoms. The predicted octanol–water partition coefficient (Wildman–Crippen LogP) is 3.15. The highest BCUT2D eigenvalue weighted by Gasteiger charge is 2.17. The maximum atomic E-state index is 11.9. The maximum Gasteiger partial charge on any atom is 0.340 e. The average molecular weight is 377 g/mol. The van der Waals surface area contributed by atoms with Crippen molar-refractivity contribution in [2.75, 3.05) is 13.2 Å². The third kappa shape index (κ3) is 5.86. The van der Waals surface area contributed by atoms with Gasteiger partial charge in [0.1, 0.15) is 0 Å². The van der Waals surface area contributed by atoms with E-state index in [1.807, 2.05) is 30.3 Å². The largest absolute Gasteiger partial charge is 0.452 e. The van der Waals surface area contributed by atoms with Crippen LogP contribution < -0.4 is 5.32 Å². The molecule has 0 radical (unpaired) electrons. The highest BCUT2D eigenvalue weighted by atomic mass is 35.5. The summed E-state index contributed by atoms with van der Waals surface area (Å²) < 4.78 is 4.88. The number of carbonyl (C=O) groups excluding carboxylic acids is 2. The molecule has 7 nitrogen and oxygen atoms in total. The summed E-state index contributed by atoms with van der Waals surface area (Å²) in [7, 11) is 0. The number of non-ortho nitro benzene ring substituents is 1. The molecule has 136 valence electrons. The molecule has 0 fully saturated rings. The summed E-state index contributed by atoms with van der Waals surface area (Å²) >= 11 is 5.84. The molecule has 0 aliphatic rings. The van der Waals surface area contributed by atoms with Crippen molar-refractivity contribution in [3.63, 3.8) is 0 Å². The van der Waals surface area contributed by atoms with Gasteiger partial charge in [-0.25, -0.2) is 4.79 Å². The van der Waals surface area contributed by atoms with Crippen molar-refractivity contribution in [1.82, 2.24) is 5.32 Å². The Hall–Kier alpha value is -2.93. The van der Waals surface area contributed by atoms with Gasteiger partial charge in [-0.15, -0.1) is 0 Å². The Kier molecular flexibility index (Phi) is 7.11. The van der Waals surface area contributed by atoms with Gasteiger partial charge in [-0.05, 0) is 24.5 Å². The molecule has 0 atom stereocenters. The number of carbonyl (C=O) groups is 2. The fourth-order valence-corrected chi connectivity index (χ4v) is 2.46. The zero-order valence-corrected chi connectivity index (χ0v) is 14.6. The van der Waals surface area contributed by atoms with Gasteiger partial charge in [-0.1, -0.05) is 41.9 Å². The maximum absolute atomic E-state index is 11.9. The Morgan fingerprint density at radius 3 is 2.54 bits per heavy atom. The summed E-state index contributed by atoms with van der Waals surface area (Å²) in [6, 6.07) is 13.3. The molecule has 2 aromatic rings. The van der Waals surface area contributed by atoms with Gasteiger partial charge >= 0.3 is 5.97 Å². The molecule has 0 saturated carbocycles. The van der Waals surface area contributed by atoms with Crippen LogP contribution in [-0.2, 0) is 16.0 Å². The molecule has 2 aromatic carbocycles. The highest BCUT2D eigenvalue weighted by Crippen LogP contribution is 2.23. The number of aryl methyl sites for hydroxylation is 1. The summed E-state index contributed by atoms with van der Waals surface area (Å²) in [5.74, 6) is -1.24. The first kappa shape index (κ1) is 19.4. The highest BCUT2D eigenvalue weighted by molar-refractivity contribution is 6.33. The number of rotatable bonds is 8. The second kappa shape index (κ2) is 9.53. The lowest BCUT2D eigenvalue weighted by atomic mass is 10.1. The standard InChI is InChI=1S/C18H17ClN2O5/c19-16-11-14(21(24)25)8-9-15(16)18(23)26-12-17(22)20-10-4-7-13-5-2-1-3-6-13/h1-3,5-6,8-9,11H,4,7,10,12H2,(H,20,22). The number of ether oxygens (including phenoxy) is 1. The van der Waals surface area contributed by atoms with Crippen LogP contribution in [-0.4, -0.2) is 30.0 Å². The van der Waals surface area contributed by atoms with Crippen LogP contribution in [0.1, 0.15) is 22.3 Å². The third-order valence-corrected chi connectivity index (χ3v) is 3.84. The molecule has 0 heterocycles. The SMILES string of the molecule is O=C(COC(=O)c1ccc([N+](=O)[O-])cc1Cl)NCCCc1ccccc1. The number of nitro groups is 1. The first-order chi connectivity index (χ1) is 12.5. The van der Waals surface area contributed by atoms with Crippen LogP contribution in [0.4, 0.5) is 5.69 Å². The lowest BCUT2D eigenvalue weighted by Crippen LogP contribution is -2.29. The van der Waals surface area contributed by atoms with Gasteiger partial charge in [-0.3, -0.25) is 14.9 Å². The van der Waals surface area contributed by atoms with E-state index in [1.54, 1.807) is 0 Å². The van der Waals surface area contributed by atoms with E-state index >= 15 is 0 Å². The van der Waals surface area contributed by atoms with Gasteiger partial charge in [0.25, 0.3) is 11.6 Å². The normalized spacial score (nSPS) is 10.2. The number of nitrogens with zero attached hydrogens (tertiary/aromatic N) is 1. The van der Waals surface area contributed by atoms with E-state index in [-0.39, 0.29) is 16.3 Å². The van der Waals surface area contributed by atoms with Crippen molar-refractivity contribution in [3.8, 4) is 0 Å². The van der Waals surface area contributed by atoms with Crippen molar-refractivity contribution >= 4 is 29.2 Å². The van der Waals surface area contributed by atoms with E-state index in [2.05, 4.69) is 5.32 Å². The van der Waals surface area contributed by atoms with Gasteiger partial charge in [0, 0.05) is 18.7 Å². The number of esters is 1. The number of nitro benzene ring substituents is 1. The summed E-state index contributed by atoms with van der Waals surface area (Å²) in [5.41, 5.74) is 0.915. The van der Waals surface area contributed by atoms with Gasteiger partial charge in [0.15, 0.2) is 6.61 Å². The number of hydrogen-bond acceptors (Lipinski definition) is 5. The van der Waals surface area contributed by atoms with E-state index in [4.69, 9.17) is 16.3 Å². The Balaban J connectivity index is 1.73. The quantitative estimate of drug-likeness (QED) is 0.330. The number of nitrogens with one attached hydrogen (secondary N) is 1. The zero-order valence-electron chi connectivity index (χ0n) is 13.8. The minimum atomic E-state index is -0.815. The lowest BCUT2D eigenvalue weighted by Gasteiger charge is -2.07. The summed E-state index contributed by atoms with van der Waals surface area (Å²) in [5, 5.41) is 13.2. The Morgan fingerprint density at radius 2 is 1.88 bits per heavy atom. The second-order valence-corrected chi connectivity index (χ2v) is 5.84. The molecule has 1 N–H and O–H groups in total. The van der Waals surface area contributed by atoms with Crippen LogP contribution in [0.2, 0.25) is 5.02 Å². The summed E-state index contributed by atoms with van der Waals surface area (Å²) in [6.07, 6.45) is 1.59. The second-order valence-electron chi connectivity index (χ2n) is 5.44. The monoisotopic (exact) mass is 376 g/mol. The molecule has 0 saturated heterocycles. The Bertz CT molecular complexity index is 795. The number of hydrogen-bond donors (Lipinski definition) is 1. The smallest absolute Gasteiger partial charge is 0.340 e. The molecular formula is C18H17ClN2O5. The summed E-state index contributed by atoms with van der Waals surface area (Å²) in [6.45, 7) is 0.0149. The summed E-state index contributed by atoms with van der Waals surface area (Å²) in [4.78, 5) is 33.6. The molecule has 0 aliphatic heterocycles.